The summed E-state index contributed by atoms with van der Waals surface area (Å²) in [6.45, 7) is 2.16. The van der Waals surface area contributed by atoms with Gasteiger partial charge in [-0.15, -0.1) is 0 Å². The van der Waals surface area contributed by atoms with Crippen LogP contribution in [0.1, 0.15) is 18.9 Å². The van der Waals surface area contributed by atoms with E-state index in [0.717, 1.165) is 12.8 Å². The van der Waals surface area contributed by atoms with Crippen LogP contribution in [0, 0.1) is 0 Å². The molecule has 0 radical (unpaired) electrons. The molecule has 0 spiro atoms. The molecule has 84 valence electrons. The first kappa shape index (κ1) is 12.2. The molecule has 1 rings (SSSR count). The van der Waals surface area contributed by atoms with Gasteiger partial charge in [-0.25, -0.2) is 0 Å². The normalized spacial score (nSPS) is 14.9. The van der Waals surface area contributed by atoms with Crippen LogP contribution in [0.4, 0.5) is 0 Å². The standard InChI is InChI=1S/C13H21NO/c1-4-13(15-3)12(14-2)10-11-8-6-5-7-9-11/h5-9,12-14H,4,10H2,1-3H3. The Morgan fingerprint density at radius 1 is 1.27 bits per heavy atom. The molecule has 1 aromatic carbocycles. The van der Waals surface area contributed by atoms with E-state index in [-0.39, 0.29) is 6.10 Å². The summed E-state index contributed by atoms with van der Waals surface area (Å²) in [4.78, 5) is 0. The van der Waals surface area contributed by atoms with Crippen molar-refractivity contribution in [2.45, 2.75) is 31.9 Å². The van der Waals surface area contributed by atoms with Crippen molar-refractivity contribution < 1.29 is 4.74 Å². The summed E-state index contributed by atoms with van der Waals surface area (Å²) in [6, 6.07) is 10.9. The molecule has 2 atom stereocenters. The fourth-order valence-electron chi connectivity index (χ4n) is 1.90. The van der Waals surface area contributed by atoms with Crippen LogP contribution in [0.3, 0.4) is 0 Å². The lowest BCUT2D eigenvalue weighted by Gasteiger charge is -2.24. The minimum absolute atomic E-state index is 0.287. The third-order valence-electron chi connectivity index (χ3n) is 2.82. The van der Waals surface area contributed by atoms with Crippen LogP contribution in [0.25, 0.3) is 0 Å². The summed E-state index contributed by atoms with van der Waals surface area (Å²) in [7, 11) is 3.78. The van der Waals surface area contributed by atoms with E-state index in [9.17, 15) is 0 Å². The lowest BCUT2D eigenvalue weighted by Crippen LogP contribution is -2.40. The van der Waals surface area contributed by atoms with Crippen molar-refractivity contribution in [2.24, 2.45) is 0 Å². The molecular weight excluding hydrogens is 186 g/mol. The molecule has 0 aliphatic carbocycles. The predicted octanol–water partition coefficient (Wildman–Crippen LogP) is 2.24. The molecule has 0 fully saturated rings. The Morgan fingerprint density at radius 2 is 1.93 bits per heavy atom. The molecule has 1 N–H and O–H groups in total. The molecule has 15 heavy (non-hydrogen) atoms. The maximum Gasteiger partial charge on any atom is 0.0724 e. The summed E-state index contributed by atoms with van der Waals surface area (Å²) in [6.07, 6.45) is 2.34. The molecule has 1 aromatic rings. The number of methoxy groups -OCH3 is 1. The average molecular weight is 207 g/mol. The molecule has 0 amide bonds. The number of hydrogen-bond donors (Lipinski definition) is 1. The zero-order chi connectivity index (χ0) is 11.1. The Hall–Kier alpha value is -0.860. The average Bonchev–Trinajstić information content (AvgIpc) is 2.30. The van der Waals surface area contributed by atoms with Crippen LogP contribution in [0.15, 0.2) is 30.3 Å². The number of ether oxygens (including phenoxy) is 1. The van der Waals surface area contributed by atoms with Gasteiger partial charge in [0.2, 0.25) is 0 Å². The van der Waals surface area contributed by atoms with Crippen molar-refractivity contribution in [1.82, 2.24) is 5.32 Å². The Balaban J connectivity index is 2.61. The highest BCUT2D eigenvalue weighted by Gasteiger charge is 2.17. The molecule has 0 saturated heterocycles. The number of hydrogen-bond acceptors (Lipinski definition) is 2. The van der Waals surface area contributed by atoms with Crippen molar-refractivity contribution in [2.75, 3.05) is 14.2 Å². The summed E-state index contributed by atoms with van der Waals surface area (Å²) in [5.41, 5.74) is 1.35. The van der Waals surface area contributed by atoms with Gasteiger partial charge in [0.1, 0.15) is 0 Å². The highest BCUT2D eigenvalue weighted by atomic mass is 16.5. The first-order valence-corrected chi connectivity index (χ1v) is 5.55. The van der Waals surface area contributed by atoms with Crippen LogP contribution in [0.5, 0.6) is 0 Å². The zero-order valence-corrected chi connectivity index (χ0v) is 9.86. The number of likely N-dealkylation sites (N-methyl/N-ethyl adjacent to an activating group) is 1. The first-order chi connectivity index (χ1) is 7.31. The second-order valence-electron chi connectivity index (χ2n) is 3.77. The summed E-state index contributed by atoms with van der Waals surface area (Å²) < 4.78 is 5.46. The summed E-state index contributed by atoms with van der Waals surface area (Å²) in [5.74, 6) is 0. The Bertz CT molecular complexity index is 256. The van der Waals surface area contributed by atoms with Crippen LogP contribution < -0.4 is 5.32 Å². The maximum atomic E-state index is 5.46. The SMILES string of the molecule is CCC(OC)C(Cc1ccccc1)NC. The van der Waals surface area contributed by atoms with Gasteiger partial charge in [0.05, 0.1) is 6.10 Å². The van der Waals surface area contributed by atoms with Gasteiger partial charge in [-0.1, -0.05) is 37.3 Å². The van der Waals surface area contributed by atoms with E-state index in [0.29, 0.717) is 6.04 Å². The van der Waals surface area contributed by atoms with Crippen LogP contribution in [-0.2, 0) is 11.2 Å². The molecule has 0 saturated carbocycles. The molecule has 0 heterocycles. The number of nitrogens with one attached hydrogen (secondary N) is 1. The van der Waals surface area contributed by atoms with Crippen molar-refractivity contribution in [3.8, 4) is 0 Å². The summed E-state index contributed by atoms with van der Waals surface area (Å²) in [5, 5.41) is 3.33. The molecule has 0 aliphatic heterocycles. The van der Waals surface area contributed by atoms with Gasteiger partial charge in [0, 0.05) is 13.2 Å². The van der Waals surface area contributed by atoms with Gasteiger partial charge >= 0.3 is 0 Å². The van der Waals surface area contributed by atoms with E-state index in [4.69, 9.17) is 4.74 Å². The third-order valence-corrected chi connectivity index (χ3v) is 2.82. The smallest absolute Gasteiger partial charge is 0.0724 e. The van der Waals surface area contributed by atoms with Crippen molar-refractivity contribution in [1.29, 1.82) is 0 Å². The zero-order valence-electron chi connectivity index (χ0n) is 9.86. The second-order valence-corrected chi connectivity index (χ2v) is 3.77. The van der Waals surface area contributed by atoms with E-state index < -0.39 is 0 Å². The lowest BCUT2D eigenvalue weighted by molar-refractivity contribution is 0.0678. The highest BCUT2D eigenvalue weighted by molar-refractivity contribution is 5.16. The van der Waals surface area contributed by atoms with Crippen molar-refractivity contribution in [3.05, 3.63) is 35.9 Å². The quantitative estimate of drug-likeness (QED) is 0.772. The van der Waals surface area contributed by atoms with Gasteiger partial charge in [-0.3, -0.25) is 0 Å². The maximum absolute atomic E-state index is 5.46. The molecule has 2 nitrogen and oxygen atoms in total. The molecule has 0 bridgehead atoms. The van der Waals surface area contributed by atoms with Crippen molar-refractivity contribution >= 4 is 0 Å². The predicted molar refractivity (Wildman–Crippen MR) is 64.1 cm³/mol. The van der Waals surface area contributed by atoms with Gasteiger partial charge < -0.3 is 10.1 Å². The Morgan fingerprint density at radius 3 is 2.40 bits per heavy atom. The number of rotatable bonds is 6. The Kier molecular flexibility index (Phi) is 5.37. The molecule has 0 aliphatic rings. The third kappa shape index (κ3) is 3.65. The fraction of sp³-hybridized carbons (Fsp3) is 0.538. The van der Waals surface area contributed by atoms with Gasteiger partial charge in [-0.05, 0) is 25.5 Å². The lowest BCUT2D eigenvalue weighted by atomic mass is 10.00. The van der Waals surface area contributed by atoms with Crippen LogP contribution in [-0.4, -0.2) is 26.3 Å². The minimum atomic E-state index is 0.287. The van der Waals surface area contributed by atoms with Gasteiger partial charge in [0.25, 0.3) is 0 Å². The molecule has 0 aromatic heterocycles. The largest absolute Gasteiger partial charge is 0.380 e. The fourth-order valence-corrected chi connectivity index (χ4v) is 1.90. The monoisotopic (exact) mass is 207 g/mol. The highest BCUT2D eigenvalue weighted by Crippen LogP contribution is 2.10. The van der Waals surface area contributed by atoms with E-state index in [1.165, 1.54) is 5.56 Å². The molecule has 2 heteroatoms. The van der Waals surface area contributed by atoms with Crippen LogP contribution in [0.2, 0.25) is 0 Å². The van der Waals surface area contributed by atoms with E-state index in [1.54, 1.807) is 7.11 Å². The van der Waals surface area contributed by atoms with E-state index in [1.807, 2.05) is 13.1 Å². The van der Waals surface area contributed by atoms with E-state index in [2.05, 4.69) is 36.5 Å². The van der Waals surface area contributed by atoms with Gasteiger partial charge in [-0.2, -0.15) is 0 Å². The molecule has 2 unspecified atom stereocenters. The molecular formula is C13H21NO. The Labute approximate surface area is 92.6 Å². The topological polar surface area (TPSA) is 21.3 Å². The van der Waals surface area contributed by atoms with Crippen LogP contribution >= 0.6 is 0 Å². The second kappa shape index (κ2) is 6.59. The van der Waals surface area contributed by atoms with E-state index >= 15 is 0 Å². The minimum Gasteiger partial charge on any atom is -0.380 e. The summed E-state index contributed by atoms with van der Waals surface area (Å²) >= 11 is 0. The first-order valence-electron chi connectivity index (χ1n) is 5.55. The van der Waals surface area contributed by atoms with Crippen molar-refractivity contribution in [3.63, 3.8) is 0 Å². The van der Waals surface area contributed by atoms with Gasteiger partial charge in [0.15, 0.2) is 0 Å². The number of benzene rings is 1.